The molecule has 0 unspecified atom stereocenters. The molecule has 2 rings (SSSR count). The highest BCUT2D eigenvalue weighted by Gasteiger charge is 2.10. The molecule has 1 aromatic heterocycles. The minimum atomic E-state index is -0.300. The molecule has 0 aliphatic rings. The molecule has 0 spiro atoms. The second kappa shape index (κ2) is 7.46. The summed E-state index contributed by atoms with van der Waals surface area (Å²) in [5, 5.41) is 7.03. The van der Waals surface area contributed by atoms with Crippen molar-refractivity contribution in [3.63, 3.8) is 0 Å². The molecule has 2 aromatic rings. The number of rotatable bonds is 6. The molecule has 23 heavy (non-hydrogen) atoms. The first kappa shape index (κ1) is 16.6. The molecule has 7 heteroatoms. The van der Waals surface area contributed by atoms with Gasteiger partial charge in [0.25, 0.3) is 5.91 Å². The summed E-state index contributed by atoms with van der Waals surface area (Å²) in [7, 11) is 4.61. The number of amides is 1. The van der Waals surface area contributed by atoms with Gasteiger partial charge in [0.1, 0.15) is 11.4 Å². The predicted molar refractivity (Wildman–Crippen MR) is 87.4 cm³/mol. The number of benzene rings is 1. The minimum Gasteiger partial charge on any atom is -0.497 e. The maximum absolute atomic E-state index is 11.8. The van der Waals surface area contributed by atoms with E-state index in [4.69, 9.17) is 9.57 Å². The molecular formula is C16H20N4O3. The fourth-order valence-electron chi connectivity index (χ4n) is 2.09. The summed E-state index contributed by atoms with van der Waals surface area (Å²) in [5.74, 6) is 0.489. The number of aromatic nitrogens is 2. The summed E-state index contributed by atoms with van der Waals surface area (Å²) >= 11 is 0. The van der Waals surface area contributed by atoms with E-state index in [0.717, 1.165) is 22.6 Å². The Hall–Kier alpha value is -2.80. The molecule has 7 nitrogen and oxygen atoms in total. The molecule has 2 N–H and O–H groups in total. The van der Waals surface area contributed by atoms with Crippen LogP contribution in [0.5, 0.6) is 5.75 Å². The van der Waals surface area contributed by atoms with Crippen LogP contribution in [-0.2, 0) is 9.63 Å². The van der Waals surface area contributed by atoms with Crippen LogP contribution in [-0.4, -0.2) is 37.0 Å². The third-order valence-electron chi connectivity index (χ3n) is 3.22. The van der Waals surface area contributed by atoms with Crippen molar-refractivity contribution < 1.29 is 14.4 Å². The first-order valence-corrected chi connectivity index (χ1v) is 7.02. The normalized spacial score (nSPS) is 11.2. The SMILES string of the molecule is CNC(=O)C(=Cn1cc(C)c(-c2ccc(OC)cc2)n1)NOC. The van der Waals surface area contributed by atoms with Gasteiger partial charge in [0.15, 0.2) is 0 Å². The number of likely N-dealkylation sites (N-methyl/N-ethyl adjacent to an activating group) is 1. The highest BCUT2D eigenvalue weighted by Crippen LogP contribution is 2.24. The summed E-state index contributed by atoms with van der Waals surface area (Å²) in [6.45, 7) is 1.96. The van der Waals surface area contributed by atoms with Crippen LogP contribution in [0.15, 0.2) is 36.2 Å². The van der Waals surface area contributed by atoms with Crippen molar-refractivity contribution >= 4 is 12.1 Å². The van der Waals surface area contributed by atoms with Crippen LogP contribution in [0.25, 0.3) is 17.5 Å². The number of hydrogen-bond donors (Lipinski definition) is 2. The number of hydroxylamine groups is 1. The lowest BCUT2D eigenvalue weighted by molar-refractivity contribution is -0.118. The summed E-state index contributed by atoms with van der Waals surface area (Å²) in [6, 6.07) is 7.64. The van der Waals surface area contributed by atoms with Gasteiger partial charge in [-0.3, -0.25) is 15.1 Å². The first-order chi connectivity index (χ1) is 11.1. The number of aryl methyl sites for hydroxylation is 1. The molecule has 0 bridgehead atoms. The van der Waals surface area contributed by atoms with Crippen LogP contribution in [0.2, 0.25) is 0 Å². The van der Waals surface area contributed by atoms with Crippen LogP contribution in [0.1, 0.15) is 5.56 Å². The van der Waals surface area contributed by atoms with Crippen LogP contribution in [0, 0.1) is 6.92 Å². The van der Waals surface area contributed by atoms with Gasteiger partial charge in [0.2, 0.25) is 0 Å². The number of carbonyl (C=O) groups excluding carboxylic acids is 1. The molecule has 0 fully saturated rings. The smallest absolute Gasteiger partial charge is 0.271 e. The quantitative estimate of drug-likeness (QED) is 0.625. The molecule has 1 aromatic carbocycles. The summed E-state index contributed by atoms with van der Waals surface area (Å²) in [4.78, 5) is 16.6. The Labute approximate surface area is 134 Å². The fourth-order valence-corrected chi connectivity index (χ4v) is 2.09. The average molecular weight is 316 g/mol. The molecular weight excluding hydrogens is 296 g/mol. The van der Waals surface area contributed by atoms with Crippen molar-refractivity contribution in [3.05, 3.63) is 41.7 Å². The fraction of sp³-hybridized carbons (Fsp3) is 0.250. The van der Waals surface area contributed by atoms with Crippen molar-refractivity contribution in [2.75, 3.05) is 21.3 Å². The third-order valence-corrected chi connectivity index (χ3v) is 3.22. The predicted octanol–water partition coefficient (Wildman–Crippen LogP) is 1.56. The molecule has 0 aliphatic carbocycles. The lowest BCUT2D eigenvalue weighted by Crippen LogP contribution is -2.29. The van der Waals surface area contributed by atoms with Crippen LogP contribution in [0.4, 0.5) is 0 Å². The Morgan fingerprint density at radius 2 is 1.96 bits per heavy atom. The van der Waals surface area contributed by atoms with Gasteiger partial charge in [0, 0.05) is 18.8 Å². The van der Waals surface area contributed by atoms with Crippen LogP contribution < -0.4 is 15.5 Å². The molecule has 0 radical (unpaired) electrons. The van der Waals surface area contributed by atoms with Gasteiger partial charge in [-0.2, -0.15) is 5.10 Å². The maximum atomic E-state index is 11.8. The minimum absolute atomic E-state index is 0.249. The van der Waals surface area contributed by atoms with Gasteiger partial charge in [-0.05, 0) is 36.8 Å². The summed E-state index contributed by atoms with van der Waals surface area (Å²) < 4.78 is 6.73. The lowest BCUT2D eigenvalue weighted by Gasteiger charge is -2.06. The van der Waals surface area contributed by atoms with Gasteiger partial charge in [-0.15, -0.1) is 0 Å². The van der Waals surface area contributed by atoms with Crippen molar-refractivity contribution in [1.29, 1.82) is 0 Å². The molecule has 0 saturated carbocycles. The molecule has 0 aliphatic heterocycles. The van der Waals surface area contributed by atoms with Gasteiger partial charge in [0.05, 0.1) is 26.1 Å². The van der Waals surface area contributed by atoms with Crippen molar-refractivity contribution in [2.45, 2.75) is 6.92 Å². The Kier molecular flexibility index (Phi) is 5.37. The van der Waals surface area contributed by atoms with E-state index in [1.165, 1.54) is 7.11 Å². The topological polar surface area (TPSA) is 77.4 Å². The number of nitrogens with one attached hydrogen (secondary N) is 2. The van der Waals surface area contributed by atoms with E-state index in [-0.39, 0.29) is 11.6 Å². The van der Waals surface area contributed by atoms with E-state index < -0.39 is 0 Å². The average Bonchev–Trinajstić information content (AvgIpc) is 2.94. The molecule has 122 valence electrons. The maximum Gasteiger partial charge on any atom is 0.271 e. The zero-order valence-corrected chi connectivity index (χ0v) is 13.6. The van der Waals surface area contributed by atoms with Gasteiger partial charge >= 0.3 is 0 Å². The van der Waals surface area contributed by atoms with E-state index in [1.807, 2.05) is 37.4 Å². The highest BCUT2D eigenvalue weighted by molar-refractivity contribution is 5.95. The monoisotopic (exact) mass is 316 g/mol. The Morgan fingerprint density at radius 1 is 1.26 bits per heavy atom. The standard InChI is InChI=1S/C16H20N4O3/c1-11-9-20(10-14(19-23-4)16(21)17-2)18-15(11)12-5-7-13(22-3)8-6-12/h5-10,19H,1-4H3,(H,17,21). The Morgan fingerprint density at radius 3 is 2.52 bits per heavy atom. The van der Waals surface area contributed by atoms with Crippen LogP contribution >= 0.6 is 0 Å². The zero-order chi connectivity index (χ0) is 16.8. The highest BCUT2D eigenvalue weighted by atomic mass is 16.6. The van der Waals surface area contributed by atoms with E-state index in [0.29, 0.717) is 0 Å². The molecule has 1 heterocycles. The largest absolute Gasteiger partial charge is 0.497 e. The Balaban J connectivity index is 2.34. The second-order valence-electron chi connectivity index (χ2n) is 4.80. The van der Waals surface area contributed by atoms with E-state index >= 15 is 0 Å². The van der Waals surface area contributed by atoms with E-state index in [9.17, 15) is 4.79 Å². The van der Waals surface area contributed by atoms with Crippen molar-refractivity contribution in [2.24, 2.45) is 0 Å². The van der Waals surface area contributed by atoms with E-state index in [2.05, 4.69) is 15.9 Å². The van der Waals surface area contributed by atoms with Gasteiger partial charge in [-0.1, -0.05) is 0 Å². The third kappa shape index (κ3) is 3.89. The Bertz CT molecular complexity index is 705. The zero-order valence-electron chi connectivity index (χ0n) is 13.6. The number of carbonyl (C=O) groups is 1. The first-order valence-electron chi connectivity index (χ1n) is 7.02. The number of methoxy groups -OCH3 is 1. The molecule has 0 saturated heterocycles. The number of ether oxygens (including phenoxy) is 1. The van der Waals surface area contributed by atoms with Gasteiger partial charge < -0.3 is 10.1 Å². The molecule has 1 amide bonds. The van der Waals surface area contributed by atoms with E-state index in [1.54, 1.807) is 25.0 Å². The van der Waals surface area contributed by atoms with Crippen LogP contribution in [0.3, 0.4) is 0 Å². The van der Waals surface area contributed by atoms with Gasteiger partial charge in [-0.25, -0.2) is 4.68 Å². The summed E-state index contributed by atoms with van der Waals surface area (Å²) in [6.07, 6.45) is 3.39. The second-order valence-corrected chi connectivity index (χ2v) is 4.80. The van der Waals surface area contributed by atoms with Crippen molar-refractivity contribution in [1.82, 2.24) is 20.6 Å². The summed E-state index contributed by atoms with van der Waals surface area (Å²) in [5.41, 5.74) is 5.57. The number of nitrogens with zero attached hydrogens (tertiary/aromatic N) is 2. The van der Waals surface area contributed by atoms with Crippen molar-refractivity contribution in [3.8, 4) is 17.0 Å². The molecule has 0 atom stereocenters. The number of hydrogen-bond acceptors (Lipinski definition) is 5. The lowest BCUT2D eigenvalue weighted by atomic mass is 10.1.